The van der Waals surface area contributed by atoms with Gasteiger partial charge in [0.2, 0.25) is 0 Å². The number of hydrogen-bond donors (Lipinski definition) is 0. The third kappa shape index (κ3) is 5.17. The van der Waals surface area contributed by atoms with Gasteiger partial charge in [-0.05, 0) is 48.5 Å². The van der Waals surface area contributed by atoms with Crippen LogP contribution in [-0.2, 0) is 4.74 Å². The quantitative estimate of drug-likeness (QED) is 0.400. The zero-order valence-electron chi connectivity index (χ0n) is 12.0. The summed E-state index contributed by atoms with van der Waals surface area (Å²) in [6, 6.07) is 15.4. The SMILES string of the molecule is C=CCSc1ccc(Oc2ccc(OCOC)cc2)cc1. The summed E-state index contributed by atoms with van der Waals surface area (Å²) < 4.78 is 16.0. The Labute approximate surface area is 129 Å². The lowest BCUT2D eigenvalue weighted by atomic mass is 10.3. The minimum atomic E-state index is 0.240. The topological polar surface area (TPSA) is 27.7 Å². The van der Waals surface area contributed by atoms with Gasteiger partial charge in [-0.3, -0.25) is 0 Å². The number of ether oxygens (including phenoxy) is 3. The Kier molecular flexibility index (Phi) is 6.19. The van der Waals surface area contributed by atoms with Gasteiger partial charge >= 0.3 is 0 Å². The minimum absolute atomic E-state index is 0.240. The summed E-state index contributed by atoms with van der Waals surface area (Å²) in [5, 5.41) is 0. The van der Waals surface area contributed by atoms with E-state index in [2.05, 4.69) is 6.58 Å². The fourth-order valence-corrected chi connectivity index (χ4v) is 2.26. The average molecular weight is 302 g/mol. The van der Waals surface area contributed by atoms with Crippen LogP contribution >= 0.6 is 11.8 Å². The molecule has 4 heteroatoms. The Balaban J connectivity index is 1.93. The van der Waals surface area contributed by atoms with Gasteiger partial charge < -0.3 is 14.2 Å². The lowest BCUT2D eigenvalue weighted by molar-refractivity contribution is 0.0511. The summed E-state index contributed by atoms with van der Waals surface area (Å²) >= 11 is 1.74. The van der Waals surface area contributed by atoms with Crippen molar-refractivity contribution in [3.63, 3.8) is 0 Å². The molecule has 0 aliphatic heterocycles. The molecular formula is C17H18O3S. The molecule has 110 valence electrons. The Morgan fingerprint density at radius 3 is 2.10 bits per heavy atom. The van der Waals surface area contributed by atoms with E-state index in [1.165, 1.54) is 4.90 Å². The van der Waals surface area contributed by atoms with Crippen LogP contribution in [0.2, 0.25) is 0 Å². The van der Waals surface area contributed by atoms with Gasteiger partial charge in [-0.25, -0.2) is 0 Å². The fourth-order valence-electron chi connectivity index (χ4n) is 1.63. The van der Waals surface area contributed by atoms with Gasteiger partial charge in [0.25, 0.3) is 0 Å². The molecule has 0 fully saturated rings. The molecule has 21 heavy (non-hydrogen) atoms. The molecule has 0 saturated carbocycles. The van der Waals surface area contributed by atoms with E-state index >= 15 is 0 Å². The molecule has 0 heterocycles. The molecule has 0 saturated heterocycles. The van der Waals surface area contributed by atoms with E-state index in [4.69, 9.17) is 14.2 Å². The number of hydrogen-bond acceptors (Lipinski definition) is 4. The van der Waals surface area contributed by atoms with Crippen LogP contribution in [0.3, 0.4) is 0 Å². The van der Waals surface area contributed by atoms with Gasteiger partial charge in [0, 0.05) is 17.8 Å². The Bertz CT molecular complexity index is 549. The van der Waals surface area contributed by atoms with Crippen molar-refractivity contribution in [1.29, 1.82) is 0 Å². The second-order valence-electron chi connectivity index (χ2n) is 4.20. The van der Waals surface area contributed by atoms with Crippen molar-refractivity contribution in [2.45, 2.75) is 4.90 Å². The predicted molar refractivity (Wildman–Crippen MR) is 86.4 cm³/mol. The molecule has 0 atom stereocenters. The Hall–Kier alpha value is -1.91. The third-order valence-corrected chi connectivity index (χ3v) is 3.60. The second kappa shape index (κ2) is 8.39. The van der Waals surface area contributed by atoms with E-state index < -0.39 is 0 Å². The zero-order chi connectivity index (χ0) is 14.9. The molecular weight excluding hydrogens is 284 g/mol. The fraction of sp³-hybridized carbons (Fsp3) is 0.176. The standard InChI is InChI=1S/C17H18O3S/c1-3-12-21-17-10-8-16(9-11-17)20-15-6-4-14(5-7-15)19-13-18-2/h3-11H,1,12-13H2,2H3. The average Bonchev–Trinajstić information content (AvgIpc) is 2.53. The van der Waals surface area contributed by atoms with Crippen LogP contribution in [0.5, 0.6) is 17.2 Å². The Morgan fingerprint density at radius 1 is 0.952 bits per heavy atom. The van der Waals surface area contributed by atoms with Crippen molar-refractivity contribution in [3.05, 3.63) is 61.2 Å². The van der Waals surface area contributed by atoms with Crippen LogP contribution in [0.15, 0.2) is 66.1 Å². The molecule has 0 bridgehead atoms. The number of benzene rings is 2. The number of methoxy groups -OCH3 is 1. The van der Waals surface area contributed by atoms with E-state index in [1.807, 2.05) is 54.6 Å². The van der Waals surface area contributed by atoms with E-state index in [0.717, 1.165) is 23.0 Å². The van der Waals surface area contributed by atoms with Crippen LogP contribution in [-0.4, -0.2) is 19.7 Å². The smallest absolute Gasteiger partial charge is 0.188 e. The molecule has 0 radical (unpaired) electrons. The highest BCUT2D eigenvalue weighted by Crippen LogP contribution is 2.26. The first kappa shape index (κ1) is 15.5. The summed E-state index contributed by atoms with van der Waals surface area (Å²) in [4.78, 5) is 1.20. The highest BCUT2D eigenvalue weighted by Gasteiger charge is 1.99. The molecule has 0 N–H and O–H groups in total. The van der Waals surface area contributed by atoms with Crippen LogP contribution in [0.1, 0.15) is 0 Å². The molecule has 0 aromatic heterocycles. The van der Waals surface area contributed by atoms with Crippen molar-refractivity contribution in [1.82, 2.24) is 0 Å². The minimum Gasteiger partial charge on any atom is -0.468 e. The maximum Gasteiger partial charge on any atom is 0.188 e. The van der Waals surface area contributed by atoms with Crippen LogP contribution in [0.4, 0.5) is 0 Å². The molecule has 0 aliphatic rings. The number of rotatable bonds is 8. The van der Waals surface area contributed by atoms with Gasteiger partial charge in [-0.2, -0.15) is 0 Å². The van der Waals surface area contributed by atoms with Crippen molar-refractivity contribution >= 4 is 11.8 Å². The molecule has 0 aliphatic carbocycles. The summed E-state index contributed by atoms with van der Waals surface area (Å²) in [6.07, 6.45) is 1.89. The lowest BCUT2D eigenvalue weighted by Gasteiger charge is -2.08. The Morgan fingerprint density at radius 2 is 1.52 bits per heavy atom. The summed E-state index contributed by atoms with van der Waals surface area (Å²) in [7, 11) is 1.59. The first-order chi connectivity index (χ1) is 10.3. The summed E-state index contributed by atoms with van der Waals surface area (Å²) in [6.45, 7) is 3.95. The molecule has 2 rings (SSSR count). The van der Waals surface area contributed by atoms with Crippen molar-refractivity contribution in [2.75, 3.05) is 19.7 Å². The molecule has 0 amide bonds. The first-order valence-corrected chi connectivity index (χ1v) is 7.54. The lowest BCUT2D eigenvalue weighted by Crippen LogP contribution is -1.98. The first-order valence-electron chi connectivity index (χ1n) is 6.55. The molecule has 2 aromatic carbocycles. The summed E-state index contributed by atoms with van der Waals surface area (Å²) in [5.41, 5.74) is 0. The summed E-state index contributed by atoms with van der Waals surface area (Å²) in [5.74, 6) is 3.23. The highest BCUT2D eigenvalue weighted by molar-refractivity contribution is 7.99. The highest BCUT2D eigenvalue weighted by atomic mass is 32.2. The van der Waals surface area contributed by atoms with Gasteiger partial charge in [-0.15, -0.1) is 18.3 Å². The van der Waals surface area contributed by atoms with Crippen molar-refractivity contribution in [2.24, 2.45) is 0 Å². The van der Waals surface area contributed by atoms with E-state index in [-0.39, 0.29) is 6.79 Å². The maximum atomic E-state index is 5.78. The van der Waals surface area contributed by atoms with Gasteiger partial charge in [0.05, 0.1) is 0 Å². The molecule has 0 unspecified atom stereocenters. The molecule has 0 spiro atoms. The van der Waals surface area contributed by atoms with Crippen molar-refractivity contribution in [3.8, 4) is 17.2 Å². The monoisotopic (exact) mass is 302 g/mol. The van der Waals surface area contributed by atoms with E-state index in [1.54, 1.807) is 18.9 Å². The van der Waals surface area contributed by atoms with Gasteiger partial charge in [0.1, 0.15) is 17.2 Å². The second-order valence-corrected chi connectivity index (χ2v) is 5.29. The van der Waals surface area contributed by atoms with E-state index in [9.17, 15) is 0 Å². The largest absolute Gasteiger partial charge is 0.468 e. The van der Waals surface area contributed by atoms with Crippen molar-refractivity contribution < 1.29 is 14.2 Å². The van der Waals surface area contributed by atoms with Crippen LogP contribution in [0, 0.1) is 0 Å². The van der Waals surface area contributed by atoms with Gasteiger partial charge in [-0.1, -0.05) is 6.08 Å². The zero-order valence-corrected chi connectivity index (χ0v) is 12.8. The van der Waals surface area contributed by atoms with Gasteiger partial charge in [0.15, 0.2) is 6.79 Å². The van der Waals surface area contributed by atoms with Crippen LogP contribution in [0.25, 0.3) is 0 Å². The predicted octanol–water partition coefficient (Wildman–Crippen LogP) is 4.74. The normalized spacial score (nSPS) is 10.1. The van der Waals surface area contributed by atoms with E-state index in [0.29, 0.717) is 0 Å². The molecule has 2 aromatic rings. The third-order valence-electron chi connectivity index (χ3n) is 2.59. The maximum absolute atomic E-state index is 5.78. The van der Waals surface area contributed by atoms with Crippen LogP contribution < -0.4 is 9.47 Å². The number of thioether (sulfide) groups is 1. The molecule has 3 nitrogen and oxygen atoms in total.